The average molecular weight is 248 g/mol. The Morgan fingerprint density at radius 1 is 1.39 bits per heavy atom. The number of carbonyl (C=O) groups excluding carboxylic acids is 1. The number of carbonyl (C=O) groups is 1. The Morgan fingerprint density at radius 3 is 2.67 bits per heavy atom. The molecule has 0 spiro atoms. The van der Waals surface area contributed by atoms with Gasteiger partial charge >= 0.3 is 0 Å². The van der Waals surface area contributed by atoms with Gasteiger partial charge in [0.25, 0.3) is 0 Å². The van der Waals surface area contributed by atoms with Crippen molar-refractivity contribution >= 4 is 5.78 Å². The smallest absolute Gasteiger partial charge is 0.189 e. The predicted molar refractivity (Wildman–Crippen MR) is 68.9 cm³/mol. The Hall–Kier alpha value is -2.07. The largest absolute Gasteiger partial charge is 0.507 e. The first-order valence-corrected chi connectivity index (χ1v) is 5.48. The Morgan fingerprint density at radius 2 is 2.11 bits per heavy atom. The lowest BCUT2D eigenvalue weighted by molar-refractivity contribution is 0.104. The number of hydrogen-bond donors (Lipinski definition) is 2. The normalized spacial score (nSPS) is 11.3. The predicted octanol–water partition coefficient (Wildman–Crippen LogP) is 2.21. The summed E-state index contributed by atoms with van der Waals surface area (Å²) in [6, 6.07) is 2.75. The van der Waals surface area contributed by atoms with Gasteiger partial charge in [0.1, 0.15) is 11.5 Å². The van der Waals surface area contributed by atoms with Gasteiger partial charge in [0, 0.05) is 11.6 Å². The number of aliphatic hydroxyl groups is 1. The molecule has 0 aliphatic rings. The quantitative estimate of drug-likeness (QED) is 0.476. The highest BCUT2D eigenvalue weighted by molar-refractivity contribution is 6.06. The zero-order valence-electron chi connectivity index (χ0n) is 10.4. The number of phenolic OH excluding ortho intramolecular Hbond substituents is 1. The summed E-state index contributed by atoms with van der Waals surface area (Å²) in [5.41, 5.74) is 0.596. The average Bonchev–Trinajstić information content (AvgIpc) is 2.38. The van der Waals surface area contributed by atoms with Gasteiger partial charge in [0.15, 0.2) is 5.78 Å². The van der Waals surface area contributed by atoms with Crippen LogP contribution in [0.25, 0.3) is 0 Å². The summed E-state index contributed by atoms with van der Waals surface area (Å²) in [6.45, 7) is 1.58. The Bertz CT molecular complexity index is 487. The highest BCUT2D eigenvalue weighted by atomic mass is 16.5. The first-order valence-electron chi connectivity index (χ1n) is 5.48. The van der Waals surface area contributed by atoms with E-state index in [1.165, 1.54) is 25.3 Å². The monoisotopic (exact) mass is 248 g/mol. The lowest BCUT2D eigenvalue weighted by Crippen LogP contribution is -1.99. The van der Waals surface area contributed by atoms with Crippen molar-refractivity contribution in [1.82, 2.24) is 0 Å². The molecule has 0 fully saturated rings. The number of aliphatic hydroxyl groups excluding tert-OH is 1. The van der Waals surface area contributed by atoms with E-state index in [1.54, 1.807) is 18.2 Å². The summed E-state index contributed by atoms with van der Waals surface area (Å²) in [4.78, 5) is 11.8. The van der Waals surface area contributed by atoms with Crippen molar-refractivity contribution in [3.63, 3.8) is 0 Å². The minimum Gasteiger partial charge on any atom is -0.507 e. The second kappa shape index (κ2) is 6.61. The van der Waals surface area contributed by atoms with Gasteiger partial charge in [0.2, 0.25) is 0 Å². The molecule has 1 aromatic rings. The van der Waals surface area contributed by atoms with Crippen molar-refractivity contribution < 1.29 is 19.7 Å². The number of phenols is 1. The third-order valence-corrected chi connectivity index (χ3v) is 2.39. The molecule has 1 aromatic carbocycles. The van der Waals surface area contributed by atoms with Gasteiger partial charge in [-0.2, -0.15) is 0 Å². The lowest BCUT2D eigenvalue weighted by Gasteiger charge is -2.09. The van der Waals surface area contributed by atoms with Crippen molar-refractivity contribution in [3.8, 4) is 11.5 Å². The van der Waals surface area contributed by atoms with Crippen LogP contribution < -0.4 is 4.74 Å². The summed E-state index contributed by atoms with van der Waals surface area (Å²) in [5.74, 6) is -0.147. The molecule has 0 atom stereocenters. The van der Waals surface area contributed by atoms with Gasteiger partial charge in [-0.1, -0.05) is 18.2 Å². The van der Waals surface area contributed by atoms with Crippen LogP contribution in [0.3, 0.4) is 0 Å². The fourth-order valence-corrected chi connectivity index (χ4v) is 1.47. The van der Waals surface area contributed by atoms with E-state index in [0.29, 0.717) is 11.3 Å². The molecular weight excluding hydrogens is 232 g/mol. The first kappa shape index (κ1) is 14.0. The molecule has 0 saturated carbocycles. The summed E-state index contributed by atoms with van der Waals surface area (Å²) < 4.78 is 4.99. The fourth-order valence-electron chi connectivity index (χ4n) is 1.47. The molecule has 4 heteroatoms. The van der Waals surface area contributed by atoms with Crippen LogP contribution in [-0.4, -0.2) is 23.1 Å². The Kier molecular flexibility index (Phi) is 5.14. The second-order valence-electron chi connectivity index (χ2n) is 3.59. The molecule has 0 aliphatic carbocycles. The molecule has 0 aliphatic heterocycles. The summed E-state index contributed by atoms with van der Waals surface area (Å²) in [5, 5.41) is 18.9. The summed E-state index contributed by atoms with van der Waals surface area (Å²) >= 11 is 0. The Labute approximate surface area is 106 Å². The minimum absolute atomic E-state index is 0.139. The molecule has 1 rings (SSSR count). The third kappa shape index (κ3) is 3.21. The summed E-state index contributed by atoms with van der Waals surface area (Å²) in [6.07, 6.45) is 6.44. The molecule has 0 unspecified atom stereocenters. The fraction of sp³-hybridized carbons (Fsp3) is 0.214. The molecule has 0 bridgehead atoms. The van der Waals surface area contributed by atoms with Crippen LogP contribution in [0.15, 0.2) is 36.4 Å². The minimum atomic E-state index is -0.331. The molecule has 2 N–H and O–H groups in total. The third-order valence-electron chi connectivity index (χ3n) is 2.39. The van der Waals surface area contributed by atoms with Crippen LogP contribution in [0.1, 0.15) is 22.8 Å². The number of allylic oxidation sites excluding steroid dienone is 4. The van der Waals surface area contributed by atoms with Crippen LogP contribution >= 0.6 is 0 Å². The number of aromatic hydroxyl groups is 1. The van der Waals surface area contributed by atoms with E-state index in [1.807, 2.05) is 6.92 Å². The van der Waals surface area contributed by atoms with E-state index in [9.17, 15) is 9.90 Å². The van der Waals surface area contributed by atoms with Gasteiger partial charge in [-0.05, 0) is 19.1 Å². The second-order valence-corrected chi connectivity index (χ2v) is 3.59. The zero-order valence-corrected chi connectivity index (χ0v) is 10.4. The lowest BCUT2D eigenvalue weighted by atomic mass is 10.0. The molecular formula is C14H16O4. The van der Waals surface area contributed by atoms with Crippen LogP contribution in [0.2, 0.25) is 0 Å². The van der Waals surface area contributed by atoms with Crippen molar-refractivity contribution in [1.29, 1.82) is 0 Å². The van der Waals surface area contributed by atoms with Crippen LogP contribution in [0, 0.1) is 0 Å². The standard InChI is InChI=1S/C14H16O4/c1-3-4-5-6-12(16)11-7-10(9-15)14(18-2)8-13(11)17/h3-8,15,17H,9H2,1-2H3/b4-3+,6-5+. The van der Waals surface area contributed by atoms with Crippen molar-refractivity contribution in [3.05, 3.63) is 47.6 Å². The summed E-state index contributed by atoms with van der Waals surface area (Å²) in [7, 11) is 1.43. The van der Waals surface area contributed by atoms with Gasteiger partial charge in [-0.3, -0.25) is 4.79 Å². The van der Waals surface area contributed by atoms with Crippen molar-refractivity contribution in [2.24, 2.45) is 0 Å². The van der Waals surface area contributed by atoms with Crippen LogP contribution in [0.4, 0.5) is 0 Å². The molecule has 0 radical (unpaired) electrons. The molecule has 0 heterocycles. The molecule has 0 saturated heterocycles. The van der Waals surface area contributed by atoms with Gasteiger partial charge in [0.05, 0.1) is 19.3 Å². The van der Waals surface area contributed by atoms with Gasteiger partial charge in [-0.25, -0.2) is 0 Å². The number of hydrogen-bond acceptors (Lipinski definition) is 4. The van der Waals surface area contributed by atoms with E-state index in [2.05, 4.69) is 0 Å². The SMILES string of the molecule is C/C=C/C=C/C(=O)c1cc(CO)c(OC)cc1O. The molecule has 0 amide bonds. The Balaban J connectivity index is 3.13. The maximum atomic E-state index is 11.8. The van der Waals surface area contributed by atoms with Gasteiger partial charge in [-0.15, -0.1) is 0 Å². The maximum absolute atomic E-state index is 11.8. The number of ketones is 1. The topological polar surface area (TPSA) is 66.8 Å². The number of rotatable bonds is 5. The van der Waals surface area contributed by atoms with Crippen LogP contribution in [0.5, 0.6) is 11.5 Å². The first-order chi connectivity index (χ1) is 8.63. The highest BCUT2D eigenvalue weighted by Gasteiger charge is 2.13. The van der Waals surface area contributed by atoms with E-state index >= 15 is 0 Å². The van der Waals surface area contributed by atoms with E-state index in [4.69, 9.17) is 9.84 Å². The van der Waals surface area contributed by atoms with Crippen molar-refractivity contribution in [2.45, 2.75) is 13.5 Å². The van der Waals surface area contributed by atoms with E-state index in [0.717, 1.165) is 0 Å². The number of methoxy groups -OCH3 is 1. The van der Waals surface area contributed by atoms with Crippen LogP contribution in [-0.2, 0) is 6.61 Å². The number of ether oxygens (including phenoxy) is 1. The van der Waals surface area contributed by atoms with Gasteiger partial charge < -0.3 is 14.9 Å². The van der Waals surface area contributed by atoms with Crippen molar-refractivity contribution in [2.75, 3.05) is 7.11 Å². The van der Waals surface area contributed by atoms with E-state index in [-0.39, 0.29) is 23.7 Å². The zero-order chi connectivity index (χ0) is 13.5. The van der Waals surface area contributed by atoms with E-state index < -0.39 is 0 Å². The highest BCUT2D eigenvalue weighted by Crippen LogP contribution is 2.28. The number of benzene rings is 1. The molecule has 4 nitrogen and oxygen atoms in total. The molecule has 0 aromatic heterocycles. The molecule has 18 heavy (non-hydrogen) atoms. The maximum Gasteiger partial charge on any atom is 0.189 e. The molecule has 96 valence electrons.